The van der Waals surface area contributed by atoms with Gasteiger partial charge >= 0.3 is 42.2 Å². The first-order valence-corrected chi connectivity index (χ1v) is 7.08. The van der Waals surface area contributed by atoms with E-state index in [2.05, 4.69) is 0 Å². The summed E-state index contributed by atoms with van der Waals surface area (Å²) in [6.45, 7) is 0. The Bertz CT molecular complexity index is 680. The summed E-state index contributed by atoms with van der Waals surface area (Å²) < 4.78 is 239. The maximum absolute atomic E-state index is 13.9. The predicted molar refractivity (Wildman–Crippen MR) is 50.4 cm³/mol. The first-order valence-electron chi connectivity index (χ1n) is 5.67. The van der Waals surface area contributed by atoms with Gasteiger partial charge in [-0.2, -0.15) is 70.2 Å². The quantitative estimate of drug-likeness (QED) is 0.423. The molecule has 0 aromatic rings. The molecule has 3 nitrogen and oxygen atoms in total. The standard InChI is InChI=1S/C8HF17O3S/c9-1(5(14,15)16,6(17,18)19)2(29(26,27)28,3(10,11)7(20,21)22)4(12,13)8(23,24)25/h(H,26,27,28)/p-1. The molecule has 0 N–H and O–H groups in total. The number of hydrogen-bond acceptors (Lipinski definition) is 3. The van der Waals surface area contributed by atoms with Crippen molar-refractivity contribution in [3.63, 3.8) is 0 Å². The minimum atomic E-state index is -9.54. The van der Waals surface area contributed by atoms with Crippen LogP contribution in [-0.4, -0.2) is 59.9 Å². The van der Waals surface area contributed by atoms with Gasteiger partial charge in [0.25, 0.3) is 4.75 Å². The zero-order chi connectivity index (χ0) is 24.5. The third-order valence-corrected chi connectivity index (χ3v) is 4.78. The van der Waals surface area contributed by atoms with Crippen molar-refractivity contribution in [2.45, 2.75) is 47.0 Å². The van der Waals surface area contributed by atoms with Crippen LogP contribution in [0.2, 0.25) is 0 Å². The molecule has 0 aromatic carbocycles. The topological polar surface area (TPSA) is 57.2 Å². The Kier molecular flexibility index (Phi) is 6.08. The molecule has 176 valence electrons. The monoisotopic (exact) mass is 499 g/mol. The van der Waals surface area contributed by atoms with Crippen LogP contribution in [0.4, 0.5) is 74.6 Å². The van der Waals surface area contributed by atoms with Crippen LogP contribution in [0.3, 0.4) is 0 Å². The summed E-state index contributed by atoms with van der Waals surface area (Å²) in [4.78, 5) is 0. The van der Waals surface area contributed by atoms with Gasteiger partial charge in [0.2, 0.25) is 0 Å². The molecule has 0 atom stereocenters. The lowest BCUT2D eigenvalue weighted by Gasteiger charge is -2.53. The summed E-state index contributed by atoms with van der Waals surface area (Å²) in [5.74, 6) is -18.2. The van der Waals surface area contributed by atoms with Crippen LogP contribution in [0.25, 0.3) is 0 Å². The Labute approximate surface area is 146 Å². The molecule has 0 aliphatic heterocycles. The van der Waals surface area contributed by atoms with Gasteiger partial charge in [-0.1, -0.05) is 0 Å². The van der Waals surface area contributed by atoms with Gasteiger partial charge in [-0.25, -0.2) is 12.8 Å². The van der Waals surface area contributed by atoms with E-state index in [0.717, 1.165) is 0 Å². The maximum Gasteiger partial charge on any atom is 0.455 e. The minimum Gasteiger partial charge on any atom is -0.747 e. The smallest absolute Gasteiger partial charge is 0.455 e. The highest BCUT2D eigenvalue weighted by Crippen LogP contribution is 2.69. The van der Waals surface area contributed by atoms with E-state index >= 15 is 0 Å². The largest absolute Gasteiger partial charge is 0.747 e. The van der Waals surface area contributed by atoms with Crippen LogP contribution in [0.5, 0.6) is 0 Å². The molecule has 21 heteroatoms. The van der Waals surface area contributed by atoms with E-state index < -0.39 is 57.1 Å². The molecule has 0 rings (SSSR count). The predicted octanol–water partition coefficient (Wildman–Crippen LogP) is 4.50. The van der Waals surface area contributed by atoms with Crippen molar-refractivity contribution in [3.8, 4) is 0 Å². The van der Waals surface area contributed by atoms with E-state index in [9.17, 15) is 87.6 Å². The molecule has 0 radical (unpaired) electrons. The molecule has 0 unspecified atom stereocenters. The molecular formula is C8F17O3S-. The average molecular weight is 499 g/mol. The molecule has 0 aromatic heterocycles. The second kappa shape index (κ2) is 6.36. The van der Waals surface area contributed by atoms with Gasteiger partial charge in [-0.05, 0) is 0 Å². The van der Waals surface area contributed by atoms with Crippen molar-refractivity contribution in [2.24, 2.45) is 0 Å². The molecule has 0 aliphatic carbocycles. The fraction of sp³-hybridized carbons (Fsp3) is 1.00. The summed E-state index contributed by atoms with van der Waals surface area (Å²) in [6.07, 6.45) is -34.4. The van der Waals surface area contributed by atoms with Crippen molar-refractivity contribution in [2.75, 3.05) is 0 Å². The zero-order valence-corrected chi connectivity index (χ0v) is 12.9. The van der Waals surface area contributed by atoms with E-state index in [4.69, 9.17) is 0 Å². The van der Waals surface area contributed by atoms with Crippen LogP contribution in [0.1, 0.15) is 0 Å². The van der Waals surface area contributed by atoms with E-state index in [0.29, 0.717) is 0 Å². The first-order chi connectivity index (χ1) is 12.0. The fourth-order valence-corrected chi connectivity index (χ4v) is 3.51. The Balaban J connectivity index is 8.49. The zero-order valence-electron chi connectivity index (χ0n) is 12.1. The minimum absolute atomic E-state index is 8.48. The lowest BCUT2D eigenvalue weighted by atomic mass is 9.76. The van der Waals surface area contributed by atoms with Crippen LogP contribution in [-0.2, 0) is 10.1 Å². The summed E-state index contributed by atoms with van der Waals surface area (Å²) >= 11 is 0. The highest BCUT2D eigenvalue weighted by Gasteiger charge is 3.02. The molecule has 0 amide bonds. The van der Waals surface area contributed by atoms with Crippen LogP contribution in [0, 0.1) is 0 Å². The van der Waals surface area contributed by atoms with Crippen LogP contribution >= 0.6 is 0 Å². The Morgan fingerprint density at radius 2 is 0.655 bits per heavy atom. The number of halogens is 17. The van der Waals surface area contributed by atoms with Gasteiger partial charge in [0, 0.05) is 0 Å². The maximum atomic E-state index is 13.9. The van der Waals surface area contributed by atoms with Gasteiger partial charge in [0.15, 0.2) is 0 Å². The van der Waals surface area contributed by atoms with Gasteiger partial charge in [0.05, 0.1) is 0 Å². The summed E-state index contributed by atoms with van der Waals surface area (Å²) in [7, 11) is -9.54. The first kappa shape index (κ1) is 27.7. The molecule has 0 fully saturated rings. The van der Waals surface area contributed by atoms with Gasteiger partial charge in [0.1, 0.15) is 10.1 Å². The Hall–Kier alpha value is -1.28. The fourth-order valence-electron chi connectivity index (χ4n) is 2.08. The third-order valence-electron chi connectivity index (χ3n) is 3.24. The van der Waals surface area contributed by atoms with Crippen molar-refractivity contribution >= 4 is 10.1 Å². The van der Waals surface area contributed by atoms with Gasteiger partial charge < -0.3 is 4.55 Å². The van der Waals surface area contributed by atoms with Crippen molar-refractivity contribution in [1.29, 1.82) is 0 Å². The van der Waals surface area contributed by atoms with Gasteiger partial charge in [-0.3, -0.25) is 0 Å². The average Bonchev–Trinajstić information content (AvgIpc) is 2.30. The second-order valence-corrected chi connectivity index (χ2v) is 6.45. The Morgan fingerprint density at radius 3 is 0.759 bits per heavy atom. The Morgan fingerprint density at radius 1 is 0.448 bits per heavy atom. The third kappa shape index (κ3) is 3.26. The summed E-state index contributed by atoms with van der Waals surface area (Å²) in [6, 6.07) is 0. The molecule has 0 saturated carbocycles. The van der Waals surface area contributed by atoms with Crippen LogP contribution in [0.15, 0.2) is 0 Å². The number of rotatable bonds is 4. The van der Waals surface area contributed by atoms with E-state index in [-0.39, 0.29) is 0 Å². The molecule has 0 bridgehead atoms. The van der Waals surface area contributed by atoms with Crippen molar-refractivity contribution in [1.82, 2.24) is 0 Å². The van der Waals surface area contributed by atoms with Crippen molar-refractivity contribution < 1.29 is 87.6 Å². The highest BCUT2D eigenvalue weighted by molar-refractivity contribution is 7.87. The number of hydrogen-bond donors (Lipinski definition) is 0. The summed E-state index contributed by atoms with van der Waals surface area (Å²) in [5, 5.41) is 0. The lowest BCUT2D eigenvalue weighted by molar-refractivity contribution is -0.436. The van der Waals surface area contributed by atoms with Crippen LogP contribution < -0.4 is 0 Å². The van der Waals surface area contributed by atoms with E-state index in [1.54, 1.807) is 0 Å². The molecule has 0 aliphatic rings. The lowest BCUT2D eigenvalue weighted by Crippen LogP contribution is -2.86. The summed E-state index contributed by atoms with van der Waals surface area (Å²) in [5.41, 5.74) is -9.29. The number of alkyl halides is 17. The molecule has 0 heterocycles. The normalized spacial score (nSPS) is 16.9. The van der Waals surface area contributed by atoms with E-state index in [1.165, 1.54) is 0 Å². The van der Waals surface area contributed by atoms with Gasteiger partial charge in [-0.15, -0.1) is 0 Å². The molecular weight excluding hydrogens is 499 g/mol. The SMILES string of the molecule is O=S(=O)([O-])C(C(F)(F)C(F)(F)F)(C(F)(F)C(F)(F)F)C(F)(C(F)(F)F)C(F)(F)F. The highest BCUT2D eigenvalue weighted by atomic mass is 32.2. The van der Waals surface area contributed by atoms with E-state index in [1.807, 2.05) is 0 Å². The molecule has 0 spiro atoms. The molecule has 29 heavy (non-hydrogen) atoms. The molecule has 0 saturated heterocycles. The van der Waals surface area contributed by atoms with Crippen molar-refractivity contribution in [3.05, 3.63) is 0 Å². The second-order valence-electron chi connectivity index (χ2n) is 4.93.